The number of carbonyl (C=O) groups is 3. The Bertz CT molecular complexity index is 1190. The van der Waals surface area contributed by atoms with Crippen molar-refractivity contribution in [3.05, 3.63) is 36.5 Å². The third-order valence-corrected chi connectivity index (χ3v) is 14.1. The van der Waals surface area contributed by atoms with Crippen LogP contribution < -0.4 is 0 Å². The van der Waals surface area contributed by atoms with Crippen LogP contribution in [0.25, 0.3) is 0 Å². The fraction of sp³-hybridized carbons (Fsp3) is 0.862. The zero-order valence-corrected chi connectivity index (χ0v) is 47.8. The smallest absolute Gasteiger partial charge is 0.306 e. The molecule has 0 aromatic rings. The number of rotatable bonds is 58. The van der Waals surface area contributed by atoms with Crippen molar-refractivity contribution in [3.63, 3.8) is 0 Å². The van der Waals surface area contributed by atoms with Gasteiger partial charge in [0.25, 0.3) is 0 Å². The minimum absolute atomic E-state index is 0.0744. The normalized spacial score (nSPS) is 12.2. The van der Waals surface area contributed by atoms with Crippen molar-refractivity contribution >= 4 is 17.9 Å². The highest BCUT2D eigenvalue weighted by molar-refractivity contribution is 5.71. The number of allylic oxidation sites excluding steroid dienone is 6. The van der Waals surface area contributed by atoms with Crippen LogP contribution >= 0.6 is 0 Å². The van der Waals surface area contributed by atoms with E-state index in [1.165, 1.54) is 225 Å². The van der Waals surface area contributed by atoms with E-state index in [1.54, 1.807) is 0 Å². The first-order valence-corrected chi connectivity index (χ1v) is 31.5. The van der Waals surface area contributed by atoms with Gasteiger partial charge in [0.2, 0.25) is 0 Å². The third-order valence-electron chi connectivity index (χ3n) is 14.1. The van der Waals surface area contributed by atoms with Crippen molar-refractivity contribution < 1.29 is 28.6 Å². The maximum absolute atomic E-state index is 12.9. The molecule has 0 rings (SSSR count). The molecule has 0 saturated carbocycles. The Hall–Kier alpha value is -2.37. The molecule has 1 unspecified atom stereocenters. The molecule has 0 fully saturated rings. The lowest BCUT2D eigenvalue weighted by Crippen LogP contribution is -2.30. The molecule has 6 heteroatoms. The second kappa shape index (κ2) is 60.2. The Morgan fingerprint density at radius 1 is 0.282 bits per heavy atom. The Morgan fingerprint density at radius 3 is 0.831 bits per heavy atom. The molecule has 0 aromatic carbocycles. The van der Waals surface area contributed by atoms with Crippen LogP contribution in [0, 0.1) is 0 Å². The number of carbonyl (C=O) groups excluding carboxylic acids is 3. The molecule has 0 heterocycles. The van der Waals surface area contributed by atoms with Crippen molar-refractivity contribution in [1.82, 2.24) is 0 Å². The topological polar surface area (TPSA) is 78.9 Å². The van der Waals surface area contributed by atoms with Gasteiger partial charge in [-0.25, -0.2) is 0 Å². The average molecular weight is 998 g/mol. The summed E-state index contributed by atoms with van der Waals surface area (Å²) in [5.74, 6) is -0.871. The van der Waals surface area contributed by atoms with Crippen molar-refractivity contribution in [3.8, 4) is 0 Å². The van der Waals surface area contributed by atoms with Crippen LogP contribution in [-0.2, 0) is 28.6 Å². The number of hydrogen-bond donors (Lipinski definition) is 0. The van der Waals surface area contributed by atoms with Gasteiger partial charge in [-0.2, -0.15) is 0 Å². The Labute approximate surface area is 442 Å². The summed E-state index contributed by atoms with van der Waals surface area (Å²) in [4.78, 5) is 38.3. The van der Waals surface area contributed by atoms with Crippen LogP contribution in [-0.4, -0.2) is 37.2 Å². The van der Waals surface area contributed by atoms with E-state index in [1.807, 2.05) is 0 Å². The summed E-state index contributed by atoms with van der Waals surface area (Å²) in [5.41, 5.74) is 0. The Kier molecular flexibility index (Phi) is 58.2. The number of unbranched alkanes of at least 4 members (excludes halogenated alkanes) is 41. The predicted octanol–water partition coefficient (Wildman–Crippen LogP) is 21.2. The molecule has 416 valence electrons. The van der Waals surface area contributed by atoms with Gasteiger partial charge in [-0.1, -0.05) is 288 Å². The second-order valence-electron chi connectivity index (χ2n) is 21.3. The van der Waals surface area contributed by atoms with E-state index < -0.39 is 6.10 Å². The van der Waals surface area contributed by atoms with Gasteiger partial charge in [-0.05, 0) is 70.6 Å². The molecule has 0 amide bonds. The zero-order chi connectivity index (χ0) is 51.4. The van der Waals surface area contributed by atoms with Gasteiger partial charge in [-0.15, -0.1) is 0 Å². The van der Waals surface area contributed by atoms with Gasteiger partial charge in [0.1, 0.15) is 13.2 Å². The molecule has 0 aromatic heterocycles. The highest BCUT2D eigenvalue weighted by Gasteiger charge is 2.19. The first kappa shape index (κ1) is 68.6. The highest BCUT2D eigenvalue weighted by atomic mass is 16.6. The quantitative estimate of drug-likeness (QED) is 0.0261. The van der Waals surface area contributed by atoms with E-state index in [0.717, 1.165) is 77.0 Å². The fourth-order valence-corrected chi connectivity index (χ4v) is 9.34. The van der Waals surface area contributed by atoms with Gasteiger partial charge < -0.3 is 14.2 Å². The number of esters is 3. The van der Waals surface area contributed by atoms with Gasteiger partial charge in [0.05, 0.1) is 0 Å². The molecule has 0 saturated heterocycles. The molecule has 0 aliphatic heterocycles. The van der Waals surface area contributed by atoms with Crippen molar-refractivity contribution in [2.45, 2.75) is 348 Å². The molecular weight excluding hydrogens is 877 g/mol. The van der Waals surface area contributed by atoms with Gasteiger partial charge in [-0.3, -0.25) is 14.4 Å². The van der Waals surface area contributed by atoms with E-state index in [2.05, 4.69) is 57.2 Å². The summed E-state index contributed by atoms with van der Waals surface area (Å²) in [5, 5.41) is 0. The van der Waals surface area contributed by atoms with Crippen molar-refractivity contribution in [1.29, 1.82) is 0 Å². The van der Waals surface area contributed by atoms with Crippen molar-refractivity contribution in [2.24, 2.45) is 0 Å². The monoisotopic (exact) mass is 997 g/mol. The summed E-state index contributed by atoms with van der Waals surface area (Å²) >= 11 is 0. The minimum Gasteiger partial charge on any atom is -0.462 e. The second-order valence-corrected chi connectivity index (χ2v) is 21.3. The molecule has 0 bridgehead atoms. The number of hydrogen-bond acceptors (Lipinski definition) is 6. The van der Waals surface area contributed by atoms with Crippen LogP contribution in [0.4, 0.5) is 0 Å². The lowest BCUT2D eigenvalue weighted by Gasteiger charge is -2.18. The molecule has 1 atom stereocenters. The van der Waals surface area contributed by atoms with Crippen LogP contribution in [0.1, 0.15) is 342 Å². The molecule has 0 N–H and O–H groups in total. The molecule has 0 radical (unpaired) electrons. The molecular formula is C65H120O6. The lowest BCUT2D eigenvalue weighted by molar-refractivity contribution is -0.167. The maximum Gasteiger partial charge on any atom is 0.306 e. The fourth-order valence-electron chi connectivity index (χ4n) is 9.34. The summed E-state index contributed by atoms with van der Waals surface area (Å²) in [6.07, 6.45) is 72.9. The minimum atomic E-state index is -0.778. The van der Waals surface area contributed by atoms with Gasteiger partial charge >= 0.3 is 17.9 Å². The van der Waals surface area contributed by atoms with E-state index in [0.29, 0.717) is 19.3 Å². The summed E-state index contributed by atoms with van der Waals surface area (Å²) in [7, 11) is 0. The van der Waals surface area contributed by atoms with Crippen molar-refractivity contribution in [2.75, 3.05) is 13.2 Å². The molecule has 6 nitrogen and oxygen atoms in total. The molecule has 0 spiro atoms. The van der Waals surface area contributed by atoms with E-state index >= 15 is 0 Å². The average Bonchev–Trinajstić information content (AvgIpc) is 3.37. The van der Waals surface area contributed by atoms with Crippen LogP contribution in [0.5, 0.6) is 0 Å². The van der Waals surface area contributed by atoms with Gasteiger partial charge in [0.15, 0.2) is 6.10 Å². The SMILES string of the molecule is CCCC/C=C\C/C=C\CCCCCCCC(=O)OCC(COC(=O)CCCCCCCCCCCCCCCCCCCCCCC)OC(=O)CCCCCCCCC/C=C\CCCCCCCCC. The first-order valence-electron chi connectivity index (χ1n) is 31.5. The first-order chi connectivity index (χ1) is 35.0. The predicted molar refractivity (Wildman–Crippen MR) is 307 cm³/mol. The van der Waals surface area contributed by atoms with E-state index in [9.17, 15) is 14.4 Å². The molecule has 0 aliphatic rings. The number of ether oxygens (including phenoxy) is 3. The highest BCUT2D eigenvalue weighted by Crippen LogP contribution is 2.17. The van der Waals surface area contributed by atoms with Crippen LogP contribution in [0.3, 0.4) is 0 Å². The largest absolute Gasteiger partial charge is 0.462 e. The molecule has 71 heavy (non-hydrogen) atoms. The molecule has 0 aliphatic carbocycles. The Morgan fingerprint density at radius 2 is 0.521 bits per heavy atom. The van der Waals surface area contributed by atoms with E-state index in [-0.39, 0.29) is 31.1 Å². The lowest BCUT2D eigenvalue weighted by atomic mass is 10.0. The van der Waals surface area contributed by atoms with Crippen LogP contribution in [0.15, 0.2) is 36.5 Å². The Balaban J connectivity index is 4.31. The van der Waals surface area contributed by atoms with Gasteiger partial charge in [0, 0.05) is 19.3 Å². The van der Waals surface area contributed by atoms with E-state index in [4.69, 9.17) is 14.2 Å². The zero-order valence-electron chi connectivity index (χ0n) is 47.8. The summed E-state index contributed by atoms with van der Waals surface area (Å²) in [6, 6.07) is 0. The van der Waals surface area contributed by atoms with Crippen LogP contribution in [0.2, 0.25) is 0 Å². The third kappa shape index (κ3) is 58.4. The summed E-state index contributed by atoms with van der Waals surface area (Å²) < 4.78 is 16.9. The standard InChI is InChI=1S/C65H120O6/c1-4-7-10-13-16-19-22-25-28-30-32-33-34-36-37-40-43-46-49-52-55-58-64(67)70-61-62(60-69-63(66)57-54-51-48-45-42-39-27-24-21-18-15-12-9-6-3)71-65(68)59-56-53-50-47-44-41-38-35-31-29-26-23-20-17-14-11-8-5-2/h15,18,24,27,29,31,62H,4-14,16-17,19-23,25-26,28,30,32-61H2,1-3H3/b18-15-,27-24-,31-29-. The summed E-state index contributed by atoms with van der Waals surface area (Å²) in [6.45, 7) is 6.64. The maximum atomic E-state index is 12.9.